The van der Waals surface area contributed by atoms with E-state index in [1.54, 1.807) is 0 Å². The molecule has 0 bridgehead atoms. The van der Waals surface area contributed by atoms with Crippen LogP contribution in [-0.4, -0.2) is 9.97 Å². The molecule has 0 saturated carbocycles. The molecule has 100 valence electrons. The molecule has 0 unspecified atom stereocenters. The van der Waals surface area contributed by atoms with Crippen molar-refractivity contribution in [3.05, 3.63) is 46.9 Å². The van der Waals surface area contributed by atoms with E-state index in [9.17, 15) is 0 Å². The monoisotopic (exact) mass is 256 g/mol. The molecular formula is C15H20N4. The minimum atomic E-state index is 0.591. The predicted molar refractivity (Wildman–Crippen MR) is 78.8 cm³/mol. The van der Waals surface area contributed by atoms with E-state index < -0.39 is 0 Å². The van der Waals surface area contributed by atoms with Gasteiger partial charge in [-0.3, -0.25) is 0 Å². The molecule has 0 aliphatic rings. The number of aromatic nitrogens is 2. The normalized spacial score (nSPS) is 10.6. The lowest BCUT2D eigenvalue weighted by molar-refractivity contribution is 0.836. The Labute approximate surface area is 113 Å². The van der Waals surface area contributed by atoms with E-state index in [-0.39, 0.29) is 0 Å². The highest BCUT2D eigenvalue weighted by atomic mass is 14.9. The molecule has 2 rings (SSSR count). The Bertz CT molecular complexity index is 561. The van der Waals surface area contributed by atoms with Crippen LogP contribution in [0.1, 0.15) is 36.0 Å². The molecule has 0 atom stereocenters. The quantitative estimate of drug-likeness (QED) is 0.824. The molecule has 0 saturated heterocycles. The Hall–Kier alpha value is -2.10. The first-order valence-electron chi connectivity index (χ1n) is 6.56. The Balaban J connectivity index is 2.35. The van der Waals surface area contributed by atoms with Gasteiger partial charge in [-0.2, -0.15) is 0 Å². The second-order valence-corrected chi connectivity index (χ2v) is 4.75. The Kier molecular flexibility index (Phi) is 4.00. The van der Waals surface area contributed by atoms with Crippen molar-refractivity contribution in [2.45, 2.75) is 33.1 Å². The fraction of sp³-hybridized carbons (Fsp3) is 0.333. The van der Waals surface area contributed by atoms with Crippen LogP contribution < -0.4 is 11.5 Å². The molecule has 4 heteroatoms. The van der Waals surface area contributed by atoms with Crippen LogP contribution in [0.2, 0.25) is 0 Å². The van der Waals surface area contributed by atoms with Gasteiger partial charge in [0.15, 0.2) is 0 Å². The molecule has 1 aromatic carbocycles. The standard InChI is InChI=1S/C15H20N4/c1-3-4-14-13(15(17)19-10(2)18-14)9-11-5-7-12(16)8-6-11/h5-8H,3-4,9,16H2,1-2H3,(H2,17,18,19). The summed E-state index contributed by atoms with van der Waals surface area (Å²) >= 11 is 0. The van der Waals surface area contributed by atoms with Crippen LogP contribution in [0.25, 0.3) is 0 Å². The van der Waals surface area contributed by atoms with Crippen molar-refractivity contribution in [3.8, 4) is 0 Å². The van der Waals surface area contributed by atoms with Crippen LogP contribution in [-0.2, 0) is 12.8 Å². The minimum absolute atomic E-state index is 0.591. The van der Waals surface area contributed by atoms with Gasteiger partial charge in [0, 0.05) is 23.4 Å². The van der Waals surface area contributed by atoms with Gasteiger partial charge in [0.1, 0.15) is 11.6 Å². The fourth-order valence-corrected chi connectivity index (χ4v) is 2.15. The topological polar surface area (TPSA) is 77.8 Å². The van der Waals surface area contributed by atoms with Crippen molar-refractivity contribution in [3.63, 3.8) is 0 Å². The summed E-state index contributed by atoms with van der Waals surface area (Å²) < 4.78 is 0. The van der Waals surface area contributed by atoms with E-state index in [1.807, 2.05) is 31.2 Å². The van der Waals surface area contributed by atoms with Crippen molar-refractivity contribution in [2.24, 2.45) is 0 Å². The van der Waals surface area contributed by atoms with Gasteiger partial charge in [0.2, 0.25) is 0 Å². The van der Waals surface area contributed by atoms with Crippen LogP contribution in [0.3, 0.4) is 0 Å². The van der Waals surface area contributed by atoms with Gasteiger partial charge in [-0.05, 0) is 31.0 Å². The zero-order chi connectivity index (χ0) is 13.8. The van der Waals surface area contributed by atoms with E-state index in [1.165, 1.54) is 5.56 Å². The van der Waals surface area contributed by atoms with Crippen LogP contribution in [0, 0.1) is 6.92 Å². The van der Waals surface area contributed by atoms with Gasteiger partial charge in [-0.15, -0.1) is 0 Å². The predicted octanol–water partition coefficient (Wildman–Crippen LogP) is 2.49. The first-order chi connectivity index (χ1) is 9.10. The highest BCUT2D eigenvalue weighted by Crippen LogP contribution is 2.20. The summed E-state index contributed by atoms with van der Waals surface area (Å²) in [6.07, 6.45) is 2.73. The van der Waals surface area contributed by atoms with Crippen molar-refractivity contribution in [2.75, 3.05) is 11.5 Å². The number of rotatable bonds is 4. The molecule has 4 N–H and O–H groups in total. The number of benzene rings is 1. The van der Waals surface area contributed by atoms with Gasteiger partial charge >= 0.3 is 0 Å². The average Bonchev–Trinajstić information content (AvgIpc) is 2.36. The average molecular weight is 256 g/mol. The Morgan fingerprint density at radius 3 is 2.37 bits per heavy atom. The van der Waals surface area contributed by atoms with E-state index in [4.69, 9.17) is 11.5 Å². The number of hydrogen-bond acceptors (Lipinski definition) is 4. The van der Waals surface area contributed by atoms with Crippen LogP contribution in [0.5, 0.6) is 0 Å². The molecule has 19 heavy (non-hydrogen) atoms. The Morgan fingerprint density at radius 1 is 1.05 bits per heavy atom. The highest BCUT2D eigenvalue weighted by molar-refractivity contribution is 5.47. The molecule has 0 radical (unpaired) electrons. The SMILES string of the molecule is CCCc1nc(C)nc(N)c1Cc1ccc(N)cc1. The summed E-state index contributed by atoms with van der Waals surface area (Å²) in [5.41, 5.74) is 15.8. The lowest BCUT2D eigenvalue weighted by Gasteiger charge is -2.11. The maximum Gasteiger partial charge on any atom is 0.130 e. The van der Waals surface area contributed by atoms with Crippen LogP contribution in [0.4, 0.5) is 11.5 Å². The fourth-order valence-electron chi connectivity index (χ4n) is 2.15. The van der Waals surface area contributed by atoms with Crippen LogP contribution in [0.15, 0.2) is 24.3 Å². The minimum Gasteiger partial charge on any atom is -0.399 e. The van der Waals surface area contributed by atoms with Crippen molar-refractivity contribution < 1.29 is 0 Å². The largest absolute Gasteiger partial charge is 0.399 e. The highest BCUT2D eigenvalue weighted by Gasteiger charge is 2.11. The summed E-state index contributed by atoms with van der Waals surface area (Å²) in [4.78, 5) is 8.79. The maximum atomic E-state index is 6.05. The van der Waals surface area contributed by atoms with E-state index in [2.05, 4.69) is 16.9 Å². The zero-order valence-corrected chi connectivity index (χ0v) is 11.5. The summed E-state index contributed by atoms with van der Waals surface area (Å²) in [6.45, 7) is 4.02. The first kappa shape index (κ1) is 13.3. The van der Waals surface area contributed by atoms with Gasteiger partial charge in [0.05, 0.1) is 0 Å². The summed E-state index contributed by atoms with van der Waals surface area (Å²) in [5, 5.41) is 0. The molecule has 1 aromatic heterocycles. The molecular weight excluding hydrogens is 236 g/mol. The lowest BCUT2D eigenvalue weighted by Crippen LogP contribution is -2.08. The number of anilines is 2. The number of nitrogens with two attached hydrogens (primary N) is 2. The molecule has 0 aliphatic heterocycles. The van der Waals surface area contributed by atoms with Gasteiger partial charge < -0.3 is 11.5 Å². The summed E-state index contributed by atoms with van der Waals surface area (Å²) in [5.74, 6) is 1.33. The summed E-state index contributed by atoms with van der Waals surface area (Å²) in [7, 11) is 0. The molecule has 0 amide bonds. The number of aryl methyl sites for hydroxylation is 2. The lowest BCUT2D eigenvalue weighted by atomic mass is 10.0. The number of nitrogen functional groups attached to an aromatic ring is 2. The van der Waals surface area contributed by atoms with Crippen molar-refractivity contribution >= 4 is 11.5 Å². The van der Waals surface area contributed by atoms with E-state index >= 15 is 0 Å². The van der Waals surface area contributed by atoms with Gasteiger partial charge in [0.25, 0.3) is 0 Å². The molecule has 0 fully saturated rings. The molecule has 1 heterocycles. The second-order valence-electron chi connectivity index (χ2n) is 4.75. The van der Waals surface area contributed by atoms with E-state index in [0.29, 0.717) is 5.82 Å². The van der Waals surface area contributed by atoms with Gasteiger partial charge in [-0.25, -0.2) is 9.97 Å². The molecule has 2 aromatic rings. The molecule has 0 spiro atoms. The third-order valence-electron chi connectivity index (χ3n) is 3.08. The second kappa shape index (κ2) is 5.69. The van der Waals surface area contributed by atoms with E-state index in [0.717, 1.165) is 42.0 Å². The molecule has 0 aliphatic carbocycles. The summed E-state index contributed by atoms with van der Waals surface area (Å²) in [6, 6.07) is 7.84. The van der Waals surface area contributed by atoms with Crippen molar-refractivity contribution in [1.82, 2.24) is 9.97 Å². The zero-order valence-electron chi connectivity index (χ0n) is 11.5. The maximum absolute atomic E-state index is 6.05. The number of hydrogen-bond donors (Lipinski definition) is 2. The number of nitrogens with zero attached hydrogens (tertiary/aromatic N) is 2. The Morgan fingerprint density at radius 2 is 1.74 bits per heavy atom. The first-order valence-corrected chi connectivity index (χ1v) is 6.56. The van der Waals surface area contributed by atoms with Gasteiger partial charge in [-0.1, -0.05) is 25.5 Å². The smallest absolute Gasteiger partial charge is 0.130 e. The third kappa shape index (κ3) is 3.22. The third-order valence-corrected chi connectivity index (χ3v) is 3.08. The van der Waals surface area contributed by atoms with Crippen molar-refractivity contribution in [1.29, 1.82) is 0 Å². The molecule has 4 nitrogen and oxygen atoms in total. The van der Waals surface area contributed by atoms with Crippen LogP contribution >= 0.6 is 0 Å².